The van der Waals surface area contributed by atoms with E-state index in [-0.39, 0.29) is 37.5 Å². The second-order valence-corrected chi connectivity index (χ2v) is 12.2. The maximum absolute atomic E-state index is 15.8. The van der Waals surface area contributed by atoms with Crippen LogP contribution in [0.1, 0.15) is 71.1 Å². The quantitative estimate of drug-likeness (QED) is 0.257. The number of halogens is 4. The zero-order valence-electron chi connectivity index (χ0n) is 24.9. The zero-order chi connectivity index (χ0) is 32.1. The third kappa shape index (κ3) is 6.20. The van der Waals surface area contributed by atoms with Crippen molar-refractivity contribution in [3.63, 3.8) is 0 Å². The highest BCUT2D eigenvalue weighted by atomic mass is 19.4. The number of hydrogen-bond acceptors (Lipinski definition) is 6. The third-order valence-electron chi connectivity index (χ3n) is 8.97. The number of rotatable bonds is 8. The van der Waals surface area contributed by atoms with Gasteiger partial charge in [0.05, 0.1) is 18.6 Å². The van der Waals surface area contributed by atoms with E-state index >= 15 is 4.39 Å². The summed E-state index contributed by atoms with van der Waals surface area (Å²) in [5, 5.41) is 19.9. The number of aliphatic carboxylic acids is 1. The average Bonchev–Trinajstić information content (AvgIpc) is 3.56. The summed E-state index contributed by atoms with van der Waals surface area (Å²) >= 11 is 0. The monoisotopic (exact) mass is 630 g/mol. The van der Waals surface area contributed by atoms with E-state index in [0.717, 1.165) is 6.07 Å². The lowest BCUT2D eigenvalue weighted by Crippen LogP contribution is -2.41. The molecule has 0 amide bonds. The number of benzene rings is 3. The first-order chi connectivity index (χ1) is 21.3. The molecule has 3 aromatic rings. The van der Waals surface area contributed by atoms with Crippen LogP contribution in [0.5, 0.6) is 17.2 Å². The molecule has 3 aromatic carbocycles. The maximum atomic E-state index is 15.8. The molecule has 7 nitrogen and oxygen atoms in total. The number of aliphatic hydroxyl groups is 1. The fourth-order valence-corrected chi connectivity index (χ4v) is 6.71. The highest BCUT2D eigenvalue weighted by Crippen LogP contribution is 2.48. The van der Waals surface area contributed by atoms with Crippen LogP contribution in [0.15, 0.2) is 36.4 Å². The van der Waals surface area contributed by atoms with Crippen LogP contribution in [-0.4, -0.2) is 48.2 Å². The smallest absolute Gasteiger partial charge is 0.419 e. The second-order valence-electron chi connectivity index (χ2n) is 12.2. The second kappa shape index (κ2) is 11.8. The van der Waals surface area contributed by atoms with E-state index in [1.807, 2.05) is 0 Å². The van der Waals surface area contributed by atoms with Gasteiger partial charge >= 0.3 is 12.1 Å². The molecule has 11 heteroatoms. The first kappa shape index (κ1) is 31.2. The fraction of sp³-hybridized carbons (Fsp3) is 0.441. The summed E-state index contributed by atoms with van der Waals surface area (Å²) in [6.45, 7) is 4.67. The molecule has 2 aliphatic heterocycles. The van der Waals surface area contributed by atoms with Gasteiger partial charge in [0.1, 0.15) is 41.4 Å². The van der Waals surface area contributed by atoms with Gasteiger partial charge in [0.2, 0.25) is 0 Å². The molecular formula is C34H34F4O7. The lowest BCUT2D eigenvalue weighted by molar-refractivity contribution is -0.140. The molecule has 240 valence electrons. The van der Waals surface area contributed by atoms with Crippen LogP contribution in [-0.2, 0) is 22.1 Å². The minimum absolute atomic E-state index is 0.0612. The van der Waals surface area contributed by atoms with Gasteiger partial charge < -0.3 is 29.2 Å². The van der Waals surface area contributed by atoms with Gasteiger partial charge in [0.25, 0.3) is 0 Å². The summed E-state index contributed by atoms with van der Waals surface area (Å²) in [7, 11) is 0. The van der Waals surface area contributed by atoms with E-state index in [4.69, 9.17) is 24.1 Å². The van der Waals surface area contributed by atoms with Gasteiger partial charge in [-0.25, -0.2) is 4.39 Å². The molecule has 1 unspecified atom stereocenters. The van der Waals surface area contributed by atoms with Crippen molar-refractivity contribution >= 4 is 5.97 Å². The molecule has 1 aliphatic carbocycles. The first-order valence-corrected chi connectivity index (χ1v) is 14.9. The molecule has 2 atom stereocenters. The van der Waals surface area contributed by atoms with Crippen molar-refractivity contribution in [3.05, 3.63) is 75.6 Å². The van der Waals surface area contributed by atoms with Crippen LogP contribution in [0, 0.1) is 19.7 Å². The Labute approximate surface area is 257 Å². The highest BCUT2D eigenvalue weighted by molar-refractivity contribution is 5.77. The van der Waals surface area contributed by atoms with Crippen molar-refractivity contribution in [3.8, 4) is 28.4 Å². The fourth-order valence-electron chi connectivity index (χ4n) is 6.71. The van der Waals surface area contributed by atoms with Gasteiger partial charge in [0, 0.05) is 49.2 Å². The standard InChI is InChI=1S/C34H34F4O7/c1-18-11-22(44-17-33(41)7-9-42-10-8-33)12-19(2)30(18)25-15-26(34(36,37)38)32(35)31-24(25)5-6-27(31)45-21-3-4-23-20(13-29(39)40)16-43-28(23)14-21/h3-4,11-12,14-15,20,27,41H,5-10,13,16-17H2,1-2H3,(H,39,40)/t20-,27?/m1/s1. The number of hydrogen-bond donors (Lipinski definition) is 2. The molecule has 3 aliphatic rings. The average molecular weight is 631 g/mol. The van der Waals surface area contributed by atoms with Gasteiger partial charge in [0.15, 0.2) is 0 Å². The Balaban J connectivity index is 1.33. The lowest BCUT2D eigenvalue weighted by atomic mass is 9.88. The normalized spacial score (nSPS) is 20.3. The predicted octanol–water partition coefficient (Wildman–Crippen LogP) is 7.07. The molecule has 2 N–H and O–H groups in total. The molecule has 45 heavy (non-hydrogen) atoms. The summed E-state index contributed by atoms with van der Waals surface area (Å²) < 4.78 is 81.4. The van der Waals surface area contributed by atoms with Crippen molar-refractivity contribution < 1.29 is 51.5 Å². The summed E-state index contributed by atoms with van der Waals surface area (Å²) in [6, 6.07) is 9.20. The number of carboxylic acid groups (broad SMARTS) is 1. The minimum Gasteiger partial charge on any atom is -0.492 e. The molecular weight excluding hydrogens is 596 g/mol. The Morgan fingerprint density at radius 3 is 2.44 bits per heavy atom. The number of ether oxygens (including phenoxy) is 4. The van der Waals surface area contributed by atoms with Crippen LogP contribution in [0.25, 0.3) is 11.1 Å². The highest BCUT2D eigenvalue weighted by Gasteiger charge is 2.41. The van der Waals surface area contributed by atoms with Crippen molar-refractivity contribution in [2.45, 2.75) is 69.8 Å². The largest absolute Gasteiger partial charge is 0.492 e. The van der Waals surface area contributed by atoms with Crippen LogP contribution < -0.4 is 14.2 Å². The van der Waals surface area contributed by atoms with Gasteiger partial charge in [-0.05, 0) is 78.8 Å². The van der Waals surface area contributed by atoms with Crippen LogP contribution in [0.2, 0.25) is 0 Å². The summed E-state index contributed by atoms with van der Waals surface area (Å²) in [4.78, 5) is 11.2. The summed E-state index contributed by atoms with van der Waals surface area (Å²) in [5.41, 5.74) is 0.841. The minimum atomic E-state index is -4.94. The van der Waals surface area contributed by atoms with Gasteiger partial charge in [-0.3, -0.25) is 4.79 Å². The Bertz CT molecular complexity index is 1600. The van der Waals surface area contributed by atoms with Gasteiger partial charge in [-0.15, -0.1) is 0 Å². The third-order valence-corrected chi connectivity index (χ3v) is 8.97. The Kier molecular flexibility index (Phi) is 8.19. The predicted molar refractivity (Wildman–Crippen MR) is 155 cm³/mol. The number of carbonyl (C=O) groups is 1. The van der Waals surface area contributed by atoms with Crippen molar-refractivity contribution in [2.24, 2.45) is 0 Å². The Hall–Kier alpha value is -3.83. The Morgan fingerprint density at radius 1 is 1.07 bits per heavy atom. The maximum Gasteiger partial charge on any atom is 0.419 e. The van der Waals surface area contributed by atoms with Gasteiger partial charge in [-0.2, -0.15) is 13.2 Å². The van der Waals surface area contributed by atoms with E-state index < -0.39 is 35.2 Å². The van der Waals surface area contributed by atoms with Crippen molar-refractivity contribution in [1.82, 2.24) is 0 Å². The molecule has 6 rings (SSSR count). The number of aryl methyl sites for hydroxylation is 2. The molecule has 1 saturated heterocycles. The lowest BCUT2D eigenvalue weighted by Gasteiger charge is -2.31. The zero-order valence-corrected chi connectivity index (χ0v) is 24.9. The summed E-state index contributed by atoms with van der Waals surface area (Å²) in [6.07, 6.45) is -4.55. The molecule has 0 bridgehead atoms. The molecule has 0 radical (unpaired) electrons. The molecule has 1 fully saturated rings. The first-order valence-electron chi connectivity index (χ1n) is 14.9. The topological polar surface area (TPSA) is 94.5 Å². The van der Waals surface area contributed by atoms with E-state index in [0.29, 0.717) is 83.1 Å². The summed E-state index contributed by atoms with van der Waals surface area (Å²) in [5.74, 6) is -1.40. The van der Waals surface area contributed by atoms with E-state index in [2.05, 4.69) is 0 Å². The Morgan fingerprint density at radius 2 is 1.78 bits per heavy atom. The van der Waals surface area contributed by atoms with E-state index in [1.165, 1.54) is 0 Å². The van der Waals surface area contributed by atoms with E-state index in [9.17, 15) is 23.1 Å². The number of alkyl halides is 3. The van der Waals surface area contributed by atoms with Crippen LogP contribution in [0.4, 0.5) is 17.6 Å². The van der Waals surface area contributed by atoms with E-state index in [1.54, 1.807) is 44.2 Å². The van der Waals surface area contributed by atoms with Crippen molar-refractivity contribution in [2.75, 3.05) is 26.4 Å². The van der Waals surface area contributed by atoms with Crippen LogP contribution in [0.3, 0.4) is 0 Å². The molecule has 0 saturated carbocycles. The van der Waals surface area contributed by atoms with Crippen LogP contribution >= 0.6 is 0 Å². The molecule has 2 heterocycles. The number of carboxylic acids is 1. The molecule has 0 aromatic heterocycles. The number of fused-ring (bicyclic) bond motifs is 2. The van der Waals surface area contributed by atoms with Gasteiger partial charge in [-0.1, -0.05) is 6.07 Å². The van der Waals surface area contributed by atoms with Crippen molar-refractivity contribution in [1.29, 1.82) is 0 Å². The molecule has 0 spiro atoms. The SMILES string of the molecule is Cc1cc(OCC2(O)CCOCC2)cc(C)c1-c1cc(C(F)(F)F)c(F)c2c1CCC2Oc1ccc2c(c1)OC[C@H]2CC(=O)O.